The van der Waals surface area contributed by atoms with Crippen LogP contribution in [0.5, 0.6) is 0 Å². The van der Waals surface area contributed by atoms with Crippen LogP contribution in [0.4, 0.5) is 0 Å². The summed E-state index contributed by atoms with van der Waals surface area (Å²) < 4.78 is 0. The van der Waals surface area contributed by atoms with Crippen molar-refractivity contribution in [3.05, 3.63) is 69.7 Å². The molecule has 2 N–H and O–H groups in total. The van der Waals surface area contributed by atoms with Gasteiger partial charge in [-0.05, 0) is 48.6 Å². The van der Waals surface area contributed by atoms with Crippen molar-refractivity contribution in [1.82, 2.24) is 0 Å². The van der Waals surface area contributed by atoms with E-state index in [2.05, 4.69) is 12.1 Å². The average Bonchev–Trinajstić information content (AvgIpc) is 2.43. The molecule has 0 radical (unpaired) electrons. The van der Waals surface area contributed by atoms with Crippen LogP contribution < -0.4 is 5.73 Å². The lowest BCUT2D eigenvalue weighted by Gasteiger charge is -2.15. The minimum Gasteiger partial charge on any atom is -0.330 e. The van der Waals surface area contributed by atoms with E-state index < -0.39 is 0 Å². The van der Waals surface area contributed by atoms with Gasteiger partial charge in [0, 0.05) is 10.0 Å². The summed E-state index contributed by atoms with van der Waals surface area (Å²) in [6.45, 7) is 0.648. The van der Waals surface area contributed by atoms with Crippen molar-refractivity contribution in [3.63, 3.8) is 0 Å². The van der Waals surface area contributed by atoms with Crippen molar-refractivity contribution in [2.45, 2.75) is 18.8 Å². The maximum absolute atomic E-state index is 6.19. The average molecular weight is 294 g/mol. The minimum absolute atomic E-state index is 0.368. The van der Waals surface area contributed by atoms with Gasteiger partial charge >= 0.3 is 0 Å². The Morgan fingerprint density at radius 1 is 1.00 bits per heavy atom. The summed E-state index contributed by atoms with van der Waals surface area (Å²) in [5.74, 6) is 0.368. The van der Waals surface area contributed by atoms with Gasteiger partial charge in [-0.25, -0.2) is 0 Å². The van der Waals surface area contributed by atoms with E-state index in [1.54, 1.807) is 6.07 Å². The van der Waals surface area contributed by atoms with Gasteiger partial charge in [0.05, 0.1) is 0 Å². The molecule has 1 nitrogen and oxygen atoms in total. The van der Waals surface area contributed by atoms with Crippen LogP contribution in [0.15, 0.2) is 48.5 Å². The predicted octanol–water partition coefficient (Wildman–Crippen LogP) is 4.67. The monoisotopic (exact) mass is 293 g/mol. The Hall–Kier alpha value is -1.02. The van der Waals surface area contributed by atoms with Crippen LogP contribution in [0.3, 0.4) is 0 Å². The van der Waals surface area contributed by atoms with Crippen LogP contribution in [-0.4, -0.2) is 6.54 Å². The third-order valence-electron chi connectivity index (χ3n) is 3.33. The first-order valence-electron chi connectivity index (χ1n) is 6.39. The molecule has 0 saturated carbocycles. The molecule has 1 atom stereocenters. The molecule has 2 aromatic carbocycles. The standard InChI is InChI=1S/C16H17Cl2N/c17-15-9-8-13(16(18)10-15)6-7-14(11-19)12-4-2-1-3-5-12/h1-5,8-10,14H,6-7,11,19H2. The van der Waals surface area contributed by atoms with E-state index in [0.29, 0.717) is 17.5 Å². The second-order valence-corrected chi connectivity index (χ2v) is 5.46. The highest BCUT2D eigenvalue weighted by Gasteiger charge is 2.10. The van der Waals surface area contributed by atoms with Gasteiger partial charge < -0.3 is 5.73 Å². The number of halogens is 2. The third kappa shape index (κ3) is 3.97. The molecule has 0 bridgehead atoms. The Morgan fingerprint density at radius 2 is 1.74 bits per heavy atom. The van der Waals surface area contributed by atoms with Gasteiger partial charge in [0.2, 0.25) is 0 Å². The number of nitrogens with two attached hydrogens (primary N) is 1. The second-order valence-electron chi connectivity index (χ2n) is 4.62. The molecule has 0 aliphatic rings. The summed E-state index contributed by atoms with van der Waals surface area (Å²) in [4.78, 5) is 0. The summed E-state index contributed by atoms with van der Waals surface area (Å²) in [7, 11) is 0. The molecule has 0 fully saturated rings. The zero-order valence-electron chi connectivity index (χ0n) is 10.7. The first kappa shape index (κ1) is 14.4. The normalized spacial score (nSPS) is 12.4. The summed E-state index contributed by atoms with van der Waals surface area (Å²) in [5, 5.41) is 1.41. The fraction of sp³-hybridized carbons (Fsp3) is 0.250. The number of rotatable bonds is 5. The maximum Gasteiger partial charge on any atom is 0.0452 e. The van der Waals surface area contributed by atoms with Gasteiger partial charge in [-0.3, -0.25) is 0 Å². The van der Waals surface area contributed by atoms with E-state index in [9.17, 15) is 0 Å². The number of hydrogen-bond donors (Lipinski definition) is 1. The zero-order valence-corrected chi connectivity index (χ0v) is 12.2. The Bertz CT molecular complexity index is 526. The van der Waals surface area contributed by atoms with Gasteiger partial charge in [0.15, 0.2) is 0 Å². The second kappa shape index (κ2) is 6.95. The fourth-order valence-corrected chi connectivity index (χ4v) is 2.70. The van der Waals surface area contributed by atoms with Crippen molar-refractivity contribution >= 4 is 23.2 Å². The van der Waals surface area contributed by atoms with E-state index in [4.69, 9.17) is 28.9 Å². The first-order valence-corrected chi connectivity index (χ1v) is 7.15. The molecule has 0 saturated heterocycles. The summed E-state index contributed by atoms with van der Waals surface area (Å²) >= 11 is 12.1. The lowest BCUT2D eigenvalue weighted by atomic mass is 9.92. The maximum atomic E-state index is 6.19. The van der Waals surface area contributed by atoms with Gasteiger partial charge in [0.25, 0.3) is 0 Å². The summed E-state index contributed by atoms with van der Waals surface area (Å²) in [5.41, 5.74) is 8.29. The highest BCUT2D eigenvalue weighted by Crippen LogP contribution is 2.26. The molecular formula is C16H17Cl2N. The number of aryl methyl sites for hydroxylation is 1. The van der Waals surface area contributed by atoms with Gasteiger partial charge in [-0.1, -0.05) is 59.6 Å². The van der Waals surface area contributed by atoms with E-state index in [0.717, 1.165) is 23.4 Å². The highest BCUT2D eigenvalue weighted by atomic mass is 35.5. The van der Waals surface area contributed by atoms with Crippen LogP contribution in [0, 0.1) is 0 Å². The molecule has 0 aliphatic heterocycles. The molecule has 0 aliphatic carbocycles. The van der Waals surface area contributed by atoms with E-state index >= 15 is 0 Å². The van der Waals surface area contributed by atoms with Crippen LogP contribution in [-0.2, 0) is 6.42 Å². The largest absolute Gasteiger partial charge is 0.330 e. The molecular weight excluding hydrogens is 277 g/mol. The molecule has 0 heterocycles. The first-order chi connectivity index (χ1) is 9.20. The van der Waals surface area contributed by atoms with Gasteiger partial charge in [-0.15, -0.1) is 0 Å². The quantitative estimate of drug-likeness (QED) is 0.852. The predicted molar refractivity (Wildman–Crippen MR) is 83.0 cm³/mol. The van der Waals surface area contributed by atoms with E-state index in [-0.39, 0.29) is 0 Å². The van der Waals surface area contributed by atoms with Crippen molar-refractivity contribution in [2.75, 3.05) is 6.54 Å². The topological polar surface area (TPSA) is 26.0 Å². The van der Waals surface area contributed by atoms with Crippen molar-refractivity contribution in [3.8, 4) is 0 Å². The molecule has 0 spiro atoms. The minimum atomic E-state index is 0.368. The molecule has 2 rings (SSSR count). The Balaban J connectivity index is 2.04. The van der Waals surface area contributed by atoms with E-state index in [1.807, 2.05) is 30.3 Å². The molecule has 3 heteroatoms. The highest BCUT2D eigenvalue weighted by molar-refractivity contribution is 6.35. The van der Waals surface area contributed by atoms with Crippen LogP contribution in [0.1, 0.15) is 23.5 Å². The van der Waals surface area contributed by atoms with Crippen LogP contribution >= 0.6 is 23.2 Å². The van der Waals surface area contributed by atoms with Crippen LogP contribution in [0.2, 0.25) is 10.0 Å². The molecule has 19 heavy (non-hydrogen) atoms. The Labute approximate surface area is 124 Å². The van der Waals surface area contributed by atoms with Crippen LogP contribution in [0.25, 0.3) is 0 Å². The molecule has 0 amide bonds. The van der Waals surface area contributed by atoms with Gasteiger partial charge in [-0.2, -0.15) is 0 Å². The summed E-state index contributed by atoms with van der Waals surface area (Å²) in [6.07, 6.45) is 1.90. The Kier molecular flexibility index (Phi) is 5.26. The fourth-order valence-electron chi connectivity index (χ4n) is 2.20. The molecule has 1 unspecified atom stereocenters. The lowest BCUT2D eigenvalue weighted by molar-refractivity contribution is 0.634. The molecule has 100 valence electrons. The smallest absolute Gasteiger partial charge is 0.0452 e. The van der Waals surface area contributed by atoms with Gasteiger partial charge in [0.1, 0.15) is 0 Å². The number of hydrogen-bond acceptors (Lipinski definition) is 1. The van der Waals surface area contributed by atoms with E-state index in [1.165, 1.54) is 5.56 Å². The lowest BCUT2D eigenvalue weighted by Crippen LogP contribution is -2.13. The molecule has 0 aromatic heterocycles. The van der Waals surface area contributed by atoms with Crippen molar-refractivity contribution < 1.29 is 0 Å². The number of benzene rings is 2. The Morgan fingerprint density at radius 3 is 2.37 bits per heavy atom. The third-order valence-corrected chi connectivity index (χ3v) is 3.92. The van der Waals surface area contributed by atoms with Crippen molar-refractivity contribution in [1.29, 1.82) is 0 Å². The van der Waals surface area contributed by atoms with Crippen molar-refractivity contribution in [2.24, 2.45) is 5.73 Å². The SMILES string of the molecule is NCC(CCc1ccc(Cl)cc1Cl)c1ccccc1. The summed E-state index contributed by atoms with van der Waals surface area (Å²) in [6, 6.07) is 16.0. The zero-order chi connectivity index (χ0) is 13.7. The molecule has 2 aromatic rings.